The maximum Gasteiger partial charge on any atom is 0.263 e. The van der Waals surface area contributed by atoms with Gasteiger partial charge in [-0.3, -0.25) is 9.69 Å². The van der Waals surface area contributed by atoms with E-state index in [0.29, 0.717) is 30.3 Å². The second-order valence-electron chi connectivity index (χ2n) is 5.09. The normalized spacial score (nSPS) is 10.4. The second-order valence-corrected chi connectivity index (χ2v) is 6.12. The molecule has 1 amide bonds. The average Bonchev–Trinajstić information content (AvgIpc) is 3.14. The summed E-state index contributed by atoms with van der Waals surface area (Å²) < 4.78 is 5.61. The van der Waals surface area contributed by atoms with Crippen molar-refractivity contribution in [3.05, 3.63) is 76.6 Å². The van der Waals surface area contributed by atoms with Gasteiger partial charge in [-0.05, 0) is 42.6 Å². The molecule has 0 aliphatic heterocycles. The van der Waals surface area contributed by atoms with E-state index in [1.165, 1.54) is 0 Å². The fourth-order valence-electron chi connectivity index (χ4n) is 2.40. The first-order valence-electron chi connectivity index (χ1n) is 7.76. The Morgan fingerprint density at radius 2 is 1.96 bits per heavy atom. The van der Waals surface area contributed by atoms with Crippen LogP contribution in [0.25, 0.3) is 0 Å². The van der Waals surface area contributed by atoms with Crippen LogP contribution in [0.3, 0.4) is 0 Å². The van der Waals surface area contributed by atoms with Crippen LogP contribution in [-0.4, -0.2) is 17.5 Å². The summed E-state index contributed by atoms with van der Waals surface area (Å²) in [5.41, 5.74) is 0.543. The number of pyridine rings is 1. The Morgan fingerprint density at radius 1 is 1.12 bits per heavy atom. The van der Waals surface area contributed by atoms with Gasteiger partial charge in [0, 0.05) is 11.1 Å². The Kier molecular flexibility index (Phi) is 5.23. The maximum atomic E-state index is 13.2. The van der Waals surface area contributed by atoms with Gasteiger partial charge in [0.15, 0.2) is 0 Å². The minimum Gasteiger partial charge on any atom is -0.493 e. The monoisotopic (exact) mass is 338 g/mol. The van der Waals surface area contributed by atoms with Gasteiger partial charge < -0.3 is 4.74 Å². The van der Waals surface area contributed by atoms with E-state index in [4.69, 9.17) is 4.74 Å². The van der Waals surface area contributed by atoms with Crippen LogP contribution < -0.4 is 9.64 Å². The van der Waals surface area contributed by atoms with Crippen LogP contribution >= 0.6 is 11.3 Å². The first-order chi connectivity index (χ1) is 11.8. The van der Waals surface area contributed by atoms with Crippen molar-refractivity contribution in [2.45, 2.75) is 13.5 Å². The highest BCUT2D eigenvalue weighted by molar-refractivity contribution is 7.09. The molecule has 0 fully saturated rings. The molecule has 0 spiro atoms. The number of aromatic nitrogens is 1. The molecule has 0 aliphatic carbocycles. The van der Waals surface area contributed by atoms with Crippen LogP contribution in [0.15, 0.2) is 66.2 Å². The van der Waals surface area contributed by atoms with Crippen LogP contribution in [0.2, 0.25) is 0 Å². The highest BCUT2D eigenvalue weighted by Gasteiger charge is 2.22. The van der Waals surface area contributed by atoms with E-state index in [1.807, 2.05) is 60.8 Å². The Hall–Kier alpha value is -2.66. The van der Waals surface area contributed by atoms with E-state index >= 15 is 0 Å². The van der Waals surface area contributed by atoms with Gasteiger partial charge in [0.1, 0.15) is 11.6 Å². The van der Waals surface area contributed by atoms with Crippen LogP contribution in [0.1, 0.15) is 22.2 Å². The van der Waals surface area contributed by atoms with Crippen molar-refractivity contribution in [2.24, 2.45) is 0 Å². The third-order valence-electron chi connectivity index (χ3n) is 3.48. The van der Waals surface area contributed by atoms with Crippen molar-refractivity contribution in [3.8, 4) is 5.75 Å². The highest BCUT2D eigenvalue weighted by atomic mass is 32.1. The zero-order chi connectivity index (χ0) is 16.8. The fraction of sp³-hybridized carbons (Fsp3) is 0.158. The zero-order valence-corrected chi connectivity index (χ0v) is 14.2. The molecule has 0 saturated carbocycles. The van der Waals surface area contributed by atoms with E-state index in [2.05, 4.69) is 4.98 Å². The molecule has 1 aromatic carbocycles. The number of carbonyl (C=O) groups is 1. The second kappa shape index (κ2) is 7.75. The van der Waals surface area contributed by atoms with Crippen LogP contribution in [-0.2, 0) is 6.54 Å². The van der Waals surface area contributed by atoms with Crippen LogP contribution in [0, 0.1) is 0 Å². The molecule has 3 aromatic rings. The first-order valence-corrected chi connectivity index (χ1v) is 8.64. The quantitative estimate of drug-likeness (QED) is 0.669. The van der Waals surface area contributed by atoms with E-state index in [0.717, 1.165) is 4.88 Å². The van der Waals surface area contributed by atoms with Gasteiger partial charge in [-0.15, -0.1) is 11.3 Å². The Bertz CT molecular complexity index is 788. The summed E-state index contributed by atoms with van der Waals surface area (Å²) in [7, 11) is 0. The maximum absolute atomic E-state index is 13.2. The number of thiophene rings is 1. The van der Waals surface area contributed by atoms with Crippen LogP contribution in [0.5, 0.6) is 5.75 Å². The predicted molar refractivity (Wildman–Crippen MR) is 96.7 cm³/mol. The molecule has 122 valence electrons. The van der Waals surface area contributed by atoms with Gasteiger partial charge in [-0.1, -0.05) is 24.3 Å². The summed E-state index contributed by atoms with van der Waals surface area (Å²) in [6.07, 6.45) is 1.69. The summed E-state index contributed by atoms with van der Waals surface area (Å²) in [4.78, 5) is 20.3. The third-order valence-corrected chi connectivity index (χ3v) is 4.34. The number of nitrogens with zero attached hydrogens (tertiary/aromatic N) is 2. The largest absolute Gasteiger partial charge is 0.493 e. The number of benzene rings is 1. The molecule has 24 heavy (non-hydrogen) atoms. The molecule has 2 aromatic heterocycles. The number of rotatable bonds is 6. The van der Waals surface area contributed by atoms with Crippen molar-refractivity contribution in [3.63, 3.8) is 0 Å². The lowest BCUT2D eigenvalue weighted by molar-refractivity contribution is 0.0981. The molecule has 0 unspecified atom stereocenters. The fourth-order valence-corrected chi connectivity index (χ4v) is 3.09. The number of hydrogen-bond donors (Lipinski definition) is 0. The molecular formula is C19H18N2O2S. The predicted octanol–water partition coefficient (Wildman–Crippen LogP) is 4.39. The number of anilines is 1. The van der Waals surface area contributed by atoms with Gasteiger partial charge in [0.05, 0.1) is 18.7 Å². The minimum atomic E-state index is -0.119. The molecule has 0 saturated heterocycles. The van der Waals surface area contributed by atoms with E-state index in [9.17, 15) is 4.79 Å². The lowest BCUT2D eigenvalue weighted by Crippen LogP contribution is -2.31. The van der Waals surface area contributed by atoms with Gasteiger partial charge in [0.25, 0.3) is 5.91 Å². The van der Waals surface area contributed by atoms with Crippen molar-refractivity contribution in [2.75, 3.05) is 11.5 Å². The van der Waals surface area contributed by atoms with Gasteiger partial charge in [-0.2, -0.15) is 0 Å². The average molecular weight is 338 g/mol. The number of carbonyl (C=O) groups excluding carboxylic acids is 1. The number of ether oxygens (including phenoxy) is 1. The van der Waals surface area contributed by atoms with Crippen molar-refractivity contribution >= 4 is 23.1 Å². The zero-order valence-electron chi connectivity index (χ0n) is 13.4. The number of para-hydroxylation sites is 1. The third kappa shape index (κ3) is 3.63. The lowest BCUT2D eigenvalue weighted by atomic mass is 10.1. The first kappa shape index (κ1) is 16.2. The van der Waals surface area contributed by atoms with E-state index in [-0.39, 0.29) is 5.91 Å². The molecule has 4 nitrogen and oxygen atoms in total. The summed E-state index contributed by atoms with van der Waals surface area (Å²) in [5.74, 6) is 1.10. The standard InChI is InChI=1S/C19H18N2O2S/c1-2-23-17-10-4-3-9-16(17)19(22)21(14-15-8-7-13-24-15)18-11-5-6-12-20-18/h3-13H,2,14H2,1H3. The smallest absolute Gasteiger partial charge is 0.263 e. The molecule has 2 heterocycles. The molecule has 3 rings (SSSR count). The molecule has 0 N–H and O–H groups in total. The Labute approximate surface area is 145 Å². The molecule has 0 bridgehead atoms. The molecule has 5 heteroatoms. The summed E-state index contributed by atoms with van der Waals surface area (Å²) in [6.45, 7) is 2.90. The topological polar surface area (TPSA) is 42.4 Å². The molecular weight excluding hydrogens is 320 g/mol. The Balaban J connectivity index is 1.97. The lowest BCUT2D eigenvalue weighted by Gasteiger charge is -2.22. The van der Waals surface area contributed by atoms with Crippen molar-refractivity contribution in [1.29, 1.82) is 0 Å². The van der Waals surface area contributed by atoms with E-state index in [1.54, 1.807) is 28.5 Å². The van der Waals surface area contributed by atoms with Crippen molar-refractivity contribution in [1.82, 2.24) is 4.98 Å². The highest BCUT2D eigenvalue weighted by Crippen LogP contribution is 2.25. The van der Waals surface area contributed by atoms with Gasteiger partial charge in [0.2, 0.25) is 0 Å². The number of hydrogen-bond acceptors (Lipinski definition) is 4. The minimum absolute atomic E-state index is 0.119. The van der Waals surface area contributed by atoms with Crippen molar-refractivity contribution < 1.29 is 9.53 Å². The molecule has 0 aliphatic rings. The van der Waals surface area contributed by atoms with E-state index < -0.39 is 0 Å². The molecule has 0 atom stereocenters. The van der Waals surface area contributed by atoms with Gasteiger partial charge in [-0.25, -0.2) is 4.98 Å². The summed E-state index contributed by atoms with van der Waals surface area (Å²) in [6, 6.07) is 16.9. The SMILES string of the molecule is CCOc1ccccc1C(=O)N(Cc1cccs1)c1ccccn1. The summed E-state index contributed by atoms with van der Waals surface area (Å²) >= 11 is 1.62. The summed E-state index contributed by atoms with van der Waals surface area (Å²) in [5, 5.41) is 2.00. The van der Waals surface area contributed by atoms with Crippen LogP contribution in [0.4, 0.5) is 5.82 Å². The number of amides is 1. The molecule has 0 radical (unpaired) electrons. The van der Waals surface area contributed by atoms with Gasteiger partial charge >= 0.3 is 0 Å². The Morgan fingerprint density at radius 3 is 2.67 bits per heavy atom.